The van der Waals surface area contributed by atoms with Gasteiger partial charge in [0.15, 0.2) is 11.6 Å². The molecule has 0 bridgehead atoms. The molecule has 0 amide bonds. The van der Waals surface area contributed by atoms with Crippen LogP contribution in [0.25, 0.3) is 0 Å². The van der Waals surface area contributed by atoms with Crippen LogP contribution >= 0.6 is 23.2 Å². The minimum atomic E-state index is -0.989. The molecule has 5 heteroatoms. The number of halogens is 5. The molecule has 18 heavy (non-hydrogen) atoms. The van der Waals surface area contributed by atoms with Crippen molar-refractivity contribution in [2.24, 2.45) is 0 Å². The van der Waals surface area contributed by atoms with Gasteiger partial charge in [0.05, 0.1) is 5.38 Å². The van der Waals surface area contributed by atoms with Crippen LogP contribution in [0.2, 0.25) is 5.02 Å². The van der Waals surface area contributed by atoms with Gasteiger partial charge in [0.2, 0.25) is 0 Å². The molecule has 2 aromatic carbocycles. The highest BCUT2D eigenvalue weighted by Gasteiger charge is 2.16. The fourth-order valence-electron chi connectivity index (χ4n) is 1.56. The molecule has 0 fully saturated rings. The van der Waals surface area contributed by atoms with Gasteiger partial charge in [-0.15, -0.1) is 11.6 Å². The molecule has 0 aliphatic heterocycles. The summed E-state index contributed by atoms with van der Waals surface area (Å²) >= 11 is 12.0. The van der Waals surface area contributed by atoms with E-state index in [2.05, 4.69) is 0 Å². The minimum absolute atomic E-state index is 0.139. The van der Waals surface area contributed by atoms with E-state index in [1.165, 1.54) is 18.2 Å². The number of rotatable bonds is 2. The van der Waals surface area contributed by atoms with Gasteiger partial charge < -0.3 is 0 Å². The third kappa shape index (κ3) is 2.62. The molecule has 0 aliphatic rings. The number of benzene rings is 2. The molecule has 0 spiro atoms. The van der Waals surface area contributed by atoms with Gasteiger partial charge >= 0.3 is 0 Å². The largest absolute Gasteiger partial charge is 0.207 e. The molecule has 0 aliphatic carbocycles. The van der Waals surface area contributed by atoms with Gasteiger partial charge in [0.1, 0.15) is 5.82 Å². The monoisotopic (exact) mass is 290 g/mol. The van der Waals surface area contributed by atoms with Gasteiger partial charge in [0, 0.05) is 5.02 Å². The first-order chi connectivity index (χ1) is 8.49. The molecule has 0 heterocycles. The van der Waals surface area contributed by atoms with Gasteiger partial charge in [-0.1, -0.05) is 23.7 Å². The van der Waals surface area contributed by atoms with Crippen molar-refractivity contribution in [3.05, 3.63) is 70.0 Å². The van der Waals surface area contributed by atoms with Crippen LogP contribution < -0.4 is 0 Å². The van der Waals surface area contributed by atoms with Crippen molar-refractivity contribution in [3.63, 3.8) is 0 Å². The molecule has 2 aromatic rings. The first kappa shape index (κ1) is 13.2. The summed E-state index contributed by atoms with van der Waals surface area (Å²) in [5, 5.41) is -0.632. The van der Waals surface area contributed by atoms with Crippen LogP contribution in [0.1, 0.15) is 16.5 Å². The fourth-order valence-corrected chi connectivity index (χ4v) is 2.21. The van der Waals surface area contributed by atoms with E-state index < -0.39 is 22.8 Å². The Kier molecular flexibility index (Phi) is 3.83. The van der Waals surface area contributed by atoms with Crippen LogP contribution in [0, 0.1) is 17.5 Å². The van der Waals surface area contributed by atoms with Crippen LogP contribution in [-0.2, 0) is 0 Å². The Balaban J connectivity index is 2.41. The summed E-state index contributed by atoms with van der Waals surface area (Å²) in [4.78, 5) is 0. The summed E-state index contributed by atoms with van der Waals surface area (Å²) in [6.07, 6.45) is 0. The average Bonchev–Trinajstić information content (AvgIpc) is 2.32. The van der Waals surface area contributed by atoms with Crippen molar-refractivity contribution < 1.29 is 13.2 Å². The second-order valence-corrected chi connectivity index (χ2v) is 4.55. The highest BCUT2D eigenvalue weighted by molar-refractivity contribution is 6.33. The smallest absolute Gasteiger partial charge is 0.159 e. The lowest BCUT2D eigenvalue weighted by atomic mass is 10.0. The third-order valence-corrected chi connectivity index (χ3v) is 3.29. The van der Waals surface area contributed by atoms with Crippen molar-refractivity contribution in [2.75, 3.05) is 0 Å². The van der Waals surface area contributed by atoms with Gasteiger partial charge in [-0.3, -0.25) is 0 Å². The lowest BCUT2D eigenvalue weighted by Crippen LogP contribution is -1.97. The molecule has 1 unspecified atom stereocenters. The van der Waals surface area contributed by atoms with Crippen LogP contribution in [0.5, 0.6) is 0 Å². The van der Waals surface area contributed by atoms with Crippen molar-refractivity contribution in [2.45, 2.75) is 5.38 Å². The summed E-state index contributed by atoms with van der Waals surface area (Å²) in [5.74, 6) is -2.43. The van der Waals surface area contributed by atoms with Crippen LogP contribution in [0.3, 0.4) is 0 Å². The highest BCUT2D eigenvalue weighted by Crippen LogP contribution is 2.34. The number of hydrogen-bond donors (Lipinski definition) is 0. The Morgan fingerprint density at radius 3 is 2.22 bits per heavy atom. The first-order valence-electron chi connectivity index (χ1n) is 5.03. The van der Waals surface area contributed by atoms with Crippen molar-refractivity contribution in [1.82, 2.24) is 0 Å². The maximum atomic E-state index is 13.1. The molecule has 1 atom stereocenters. The molecule has 0 saturated heterocycles. The molecule has 2 rings (SSSR count). The summed E-state index contributed by atoms with van der Waals surface area (Å²) in [5.41, 5.74) is 0.787. The molecule has 0 nitrogen and oxygen atoms in total. The van der Waals surface area contributed by atoms with Gasteiger partial charge in [-0.25, -0.2) is 13.2 Å². The zero-order valence-electron chi connectivity index (χ0n) is 8.93. The summed E-state index contributed by atoms with van der Waals surface area (Å²) in [7, 11) is 0. The Labute approximate surface area is 112 Å². The zero-order chi connectivity index (χ0) is 13.3. The standard InChI is InChI=1S/C13H7Cl2F3/c14-10-6-8(16)2-3-9(10)13(15)7-1-4-11(17)12(18)5-7/h1-6,13H. The van der Waals surface area contributed by atoms with E-state index in [4.69, 9.17) is 23.2 Å². The Hall–Kier alpha value is -1.19. The molecule has 94 valence electrons. The lowest BCUT2D eigenvalue weighted by Gasteiger charge is -2.12. The second kappa shape index (κ2) is 5.21. The van der Waals surface area contributed by atoms with E-state index in [0.717, 1.165) is 18.2 Å². The van der Waals surface area contributed by atoms with Crippen LogP contribution in [0.15, 0.2) is 36.4 Å². The predicted octanol–water partition coefficient (Wildman–Crippen LogP) is 5.09. The maximum absolute atomic E-state index is 13.1. The zero-order valence-corrected chi connectivity index (χ0v) is 10.4. The molecule has 0 saturated carbocycles. The third-order valence-electron chi connectivity index (χ3n) is 2.47. The molecule has 0 aromatic heterocycles. The predicted molar refractivity (Wildman–Crippen MR) is 65.5 cm³/mol. The maximum Gasteiger partial charge on any atom is 0.159 e. The summed E-state index contributed by atoms with van der Waals surface area (Å²) in [6, 6.07) is 7.07. The van der Waals surface area contributed by atoms with E-state index in [0.29, 0.717) is 11.1 Å². The fraction of sp³-hybridized carbons (Fsp3) is 0.0769. The van der Waals surface area contributed by atoms with Crippen molar-refractivity contribution in [1.29, 1.82) is 0 Å². The molecular formula is C13H7Cl2F3. The van der Waals surface area contributed by atoms with Crippen molar-refractivity contribution in [3.8, 4) is 0 Å². The second-order valence-electron chi connectivity index (χ2n) is 3.70. The quantitative estimate of drug-likeness (QED) is 0.676. The van der Waals surface area contributed by atoms with Gasteiger partial charge in [-0.2, -0.15) is 0 Å². The van der Waals surface area contributed by atoms with E-state index in [1.54, 1.807) is 0 Å². The van der Waals surface area contributed by atoms with E-state index in [9.17, 15) is 13.2 Å². The van der Waals surface area contributed by atoms with Crippen molar-refractivity contribution >= 4 is 23.2 Å². The Bertz CT molecular complexity index is 584. The molecular weight excluding hydrogens is 284 g/mol. The number of alkyl halides is 1. The van der Waals surface area contributed by atoms with E-state index in [1.807, 2.05) is 0 Å². The first-order valence-corrected chi connectivity index (χ1v) is 5.84. The average molecular weight is 291 g/mol. The SMILES string of the molecule is Fc1ccc(C(Cl)c2ccc(F)c(F)c2)c(Cl)c1. The van der Waals surface area contributed by atoms with E-state index >= 15 is 0 Å². The number of hydrogen-bond acceptors (Lipinski definition) is 0. The van der Waals surface area contributed by atoms with Gasteiger partial charge in [0.25, 0.3) is 0 Å². The molecule has 0 N–H and O–H groups in total. The summed E-state index contributed by atoms with van der Waals surface area (Å²) < 4.78 is 38.8. The normalized spacial score (nSPS) is 12.5. The topological polar surface area (TPSA) is 0 Å². The highest BCUT2D eigenvalue weighted by atomic mass is 35.5. The summed E-state index contributed by atoms with van der Waals surface area (Å²) in [6.45, 7) is 0. The lowest BCUT2D eigenvalue weighted by molar-refractivity contribution is 0.507. The van der Waals surface area contributed by atoms with Gasteiger partial charge in [-0.05, 0) is 35.4 Å². The minimum Gasteiger partial charge on any atom is -0.207 e. The Morgan fingerprint density at radius 2 is 1.61 bits per heavy atom. The molecule has 0 radical (unpaired) electrons. The Morgan fingerprint density at radius 1 is 0.889 bits per heavy atom. The van der Waals surface area contributed by atoms with E-state index in [-0.39, 0.29) is 5.02 Å². The van der Waals surface area contributed by atoms with Crippen LogP contribution in [-0.4, -0.2) is 0 Å². The van der Waals surface area contributed by atoms with Crippen LogP contribution in [0.4, 0.5) is 13.2 Å².